The van der Waals surface area contributed by atoms with Gasteiger partial charge in [0.05, 0.1) is 13.3 Å². The third-order valence-electron chi connectivity index (χ3n) is 4.38. The number of aromatic nitrogens is 6. The Labute approximate surface area is 175 Å². The molecule has 4 N–H and O–H groups in total. The lowest BCUT2D eigenvalue weighted by atomic mass is 10.2. The molecule has 3 aromatic rings. The van der Waals surface area contributed by atoms with E-state index >= 15 is 0 Å². The van der Waals surface area contributed by atoms with Gasteiger partial charge in [-0.25, -0.2) is 29.7 Å². The van der Waals surface area contributed by atoms with E-state index in [0.29, 0.717) is 0 Å². The Hall–Kier alpha value is -4.30. The molecule has 0 fully saturated rings. The number of carbonyl (C=O) groups excluding carboxylic acids is 1. The van der Waals surface area contributed by atoms with Crippen molar-refractivity contribution < 1.29 is 9.53 Å². The zero-order valence-corrected chi connectivity index (χ0v) is 16.6. The fraction of sp³-hybridized carbons (Fsp3) is 0.176. The monoisotopic (exact) mass is 422 g/mol. The third-order valence-corrected chi connectivity index (χ3v) is 4.38. The molecular weight excluding hydrogens is 404 g/mol. The summed E-state index contributed by atoms with van der Waals surface area (Å²) in [6.07, 6.45) is 6.76. The van der Waals surface area contributed by atoms with Crippen LogP contribution in [0.25, 0.3) is 5.95 Å². The minimum absolute atomic E-state index is 0.0820. The van der Waals surface area contributed by atoms with Gasteiger partial charge < -0.3 is 16.2 Å². The fourth-order valence-electron chi connectivity index (χ4n) is 2.85. The number of rotatable bonds is 5. The molecule has 4 rings (SSSR count). The Morgan fingerprint density at radius 2 is 1.68 bits per heavy atom. The van der Waals surface area contributed by atoms with Gasteiger partial charge in [0.1, 0.15) is 17.4 Å². The first-order valence-corrected chi connectivity index (χ1v) is 8.93. The van der Waals surface area contributed by atoms with Gasteiger partial charge in [-0.15, -0.1) is 10.2 Å². The van der Waals surface area contributed by atoms with Gasteiger partial charge in [0.25, 0.3) is 5.95 Å². The molecule has 0 bridgehead atoms. The van der Waals surface area contributed by atoms with Gasteiger partial charge >= 0.3 is 5.97 Å². The van der Waals surface area contributed by atoms with Crippen molar-refractivity contribution in [3.05, 3.63) is 54.5 Å². The van der Waals surface area contributed by atoms with Crippen molar-refractivity contribution in [1.29, 1.82) is 0 Å². The van der Waals surface area contributed by atoms with E-state index in [-0.39, 0.29) is 34.8 Å². The summed E-state index contributed by atoms with van der Waals surface area (Å²) >= 11 is 0. The highest BCUT2D eigenvalue weighted by Gasteiger charge is 2.41. The van der Waals surface area contributed by atoms with Crippen LogP contribution in [0.2, 0.25) is 0 Å². The van der Waals surface area contributed by atoms with E-state index in [1.807, 2.05) is 0 Å². The molecule has 1 unspecified atom stereocenters. The molecule has 1 aliphatic heterocycles. The molecule has 0 saturated heterocycles. The molecule has 1 aliphatic rings. The Balaban J connectivity index is 1.76. The summed E-state index contributed by atoms with van der Waals surface area (Å²) in [7, 11) is 2.91. The molecule has 1 atom stereocenters. The van der Waals surface area contributed by atoms with Crippen LogP contribution in [-0.2, 0) is 9.53 Å². The normalized spacial score (nSPS) is 17.0. The number of methoxy groups -OCH3 is 1. The minimum atomic E-state index is -0.858. The van der Waals surface area contributed by atoms with E-state index in [9.17, 15) is 4.79 Å². The van der Waals surface area contributed by atoms with E-state index in [1.165, 1.54) is 23.0 Å². The van der Waals surface area contributed by atoms with E-state index in [4.69, 9.17) is 16.2 Å². The maximum Gasteiger partial charge on any atom is 0.340 e. The SMILES string of the molecule is COC(=O)C1=C(/N=N/c2cnn(-c3ncccn3)c2N)N(c2ncccn2)N(C)C1N. The van der Waals surface area contributed by atoms with Gasteiger partial charge in [-0.1, -0.05) is 0 Å². The highest BCUT2D eigenvalue weighted by molar-refractivity contribution is 5.92. The van der Waals surface area contributed by atoms with Crippen LogP contribution in [0, 0.1) is 0 Å². The molecular formula is C17H18N12O2. The Bertz CT molecular complexity index is 1140. The zero-order chi connectivity index (χ0) is 22.0. The molecule has 0 radical (unpaired) electrons. The molecule has 158 valence electrons. The number of anilines is 2. The lowest BCUT2D eigenvalue weighted by Gasteiger charge is -2.26. The maximum atomic E-state index is 12.4. The van der Waals surface area contributed by atoms with Crippen LogP contribution >= 0.6 is 0 Å². The molecule has 3 aromatic heterocycles. The van der Waals surface area contributed by atoms with Crippen molar-refractivity contribution >= 4 is 23.4 Å². The van der Waals surface area contributed by atoms with Crippen LogP contribution in [0.5, 0.6) is 0 Å². The molecule has 0 spiro atoms. The molecule has 31 heavy (non-hydrogen) atoms. The minimum Gasteiger partial charge on any atom is -0.465 e. The summed E-state index contributed by atoms with van der Waals surface area (Å²) in [4.78, 5) is 29.0. The molecule has 14 heteroatoms. The van der Waals surface area contributed by atoms with Gasteiger partial charge in [-0.3, -0.25) is 0 Å². The summed E-state index contributed by atoms with van der Waals surface area (Å²) in [6, 6.07) is 3.33. The van der Waals surface area contributed by atoms with Gasteiger partial charge in [-0.2, -0.15) is 14.8 Å². The second-order valence-electron chi connectivity index (χ2n) is 6.18. The topological polar surface area (TPSA) is 179 Å². The largest absolute Gasteiger partial charge is 0.465 e. The molecule has 4 heterocycles. The number of carbonyl (C=O) groups is 1. The number of hydrogen-bond donors (Lipinski definition) is 2. The lowest BCUT2D eigenvalue weighted by molar-refractivity contribution is -0.136. The Kier molecular flexibility index (Phi) is 5.30. The van der Waals surface area contributed by atoms with E-state index in [2.05, 4.69) is 35.3 Å². The Morgan fingerprint density at radius 1 is 1.06 bits per heavy atom. The van der Waals surface area contributed by atoms with Crippen molar-refractivity contribution in [1.82, 2.24) is 34.7 Å². The number of azo groups is 1. The summed E-state index contributed by atoms with van der Waals surface area (Å²) < 4.78 is 6.19. The highest BCUT2D eigenvalue weighted by Crippen LogP contribution is 2.32. The number of ether oxygens (including phenoxy) is 1. The maximum absolute atomic E-state index is 12.4. The number of hydrazine groups is 1. The second kappa shape index (κ2) is 8.21. The predicted molar refractivity (Wildman–Crippen MR) is 107 cm³/mol. The van der Waals surface area contributed by atoms with Crippen LogP contribution in [-0.4, -0.2) is 61.0 Å². The highest BCUT2D eigenvalue weighted by atomic mass is 16.5. The first-order valence-electron chi connectivity index (χ1n) is 8.93. The van der Waals surface area contributed by atoms with Gasteiger partial charge in [0.15, 0.2) is 11.6 Å². The van der Waals surface area contributed by atoms with Crippen LogP contribution in [0.15, 0.2) is 64.7 Å². The van der Waals surface area contributed by atoms with Crippen LogP contribution < -0.4 is 16.5 Å². The number of esters is 1. The summed E-state index contributed by atoms with van der Waals surface area (Å²) in [5.74, 6) is 0.116. The lowest BCUT2D eigenvalue weighted by Crippen LogP contribution is -2.45. The van der Waals surface area contributed by atoms with Gasteiger partial charge in [0, 0.05) is 31.8 Å². The van der Waals surface area contributed by atoms with Crippen LogP contribution in [0.3, 0.4) is 0 Å². The van der Waals surface area contributed by atoms with Crippen molar-refractivity contribution in [2.75, 3.05) is 24.9 Å². The van der Waals surface area contributed by atoms with Crippen molar-refractivity contribution in [3.8, 4) is 5.95 Å². The summed E-state index contributed by atoms with van der Waals surface area (Å²) in [6.45, 7) is 0. The number of nitrogens with two attached hydrogens (primary N) is 2. The smallest absolute Gasteiger partial charge is 0.340 e. The molecule has 0 aliphatic carbocycles. The van der Waals surface area contributed by atoms with Crippen molar-refractivity contribution in [2.45, 2.75) is 6.17 Å². The van der Waals surface area contributed by atoms with Crippen LogP contribution in [0.4, 0.5) is 17.5 Å². The molecule has 0 saturated carbocycles. The number of hydrogen-bond acceptors (Lipinski definition) is 13. The van der Waals surface area contributed by atoms with Crippen molar-refractivity contribution in [3.63, 3.8) is 0 Å². The third kappa shape index (κ3) is 3.56. The van der Waals surface area contributed by atoms with Gasteiger partial charge in [-0.05, 0) is 12.1 Å². The number of nitrogens with zero attached hydrogens (tertiary/aromatic N) is 10. The average Bonchev–Trinajstić information content (AvgIpc) is 3.29. The average molecular weight is 422 g/mol. The Morgan fingerprint density at radius 3 is 2.29 bits per heavy atom. The zero-order valence-electron chi connectivity index (χ0n) is 16.6. The van der Waals surface area contributed by atoms with E-state index < -0.39 is 12.1 Å². The van der Waals surface area contributed by atoms with Crippen LogP contribution in [0.1, 0.15) is 0 Å². The quantitative estimate of drug-likeness (QED) is 0.422. The van der Waals surface area contributed by atoms with Gasteiger partial charge in [0.2, 0.25) is 5.95 Å². The fourth-order valence-corrected chi connectivity index (χ4v) is 2.85. The van der Waals surface area contributed by atoms with Crippen molar-refractivity contribution in [2.24, 2.45) is 16.0 Å². The standard InChI is InChI=1S/C17H18N12O2/c1-27-13(19)11(15(30)31-2)14(29(27)17-22-7-4-8-23-17)26-25-10-9-24-28(12(10)18)16-20-5-3-6-21-16/h3-9,13H,18-19H2,1-2H3/b26-25+. The summed E-state index contributed by atoms with van der Waals surface area (Å²) in [5.41, 5.74) is 12.7. The summed E-state index contributed by atoms with van der Waals surface area (Å²) in [5, 5.41) is 15.5. The first kappa shape index (κ1) is 20.0. The predicted octanol–water partition coefficient (Wildman–Crippen LogP) is 0.155. The molecule has 14 nitrogen and oxygen atoms in total. The number of likely N-dealkylation sites (N-methyl/N-ethyl adjacent to an activating group) is 1. The number of nitrogen functional groups attached to an aromatic ring is 1. The second-order valence-corrected chi connectivity index (χ2v) is 6.18. The molecule has 0 amide bonds. The van der Waals surface area contributed by atoms with E-state index in [1.54, 1.807) is 49.0 Å². The van der Waals surface area contributed by atoms with E-state index in [0.717, 1.165) is 0 Å². The first-order chi connectivity index (χ1) is 15.0. The molecule has 0 aromatic carbocycles.